The fraction of sp³-hybridized carbons (Fsp3) is 0.350. The maximum Gasteiger partial charge on any atom is 0.221 e. The highest BCUT2D eigenvalue weighted by Gasteiger charge is 2.19. The Hall–Kier alpha value is -2.58. The summed E-state index contributed by atoms with van der Waals surface area (Å²) in [4.78, 5) is 4.57. The first-order chi connectivity index (χ1) is 13.5. The molecule has 1 fully saturated rings. The van der Waals surface area contributed by atoms with Gasteiger partial charge in [0.1, 0.15) is 5.82 Å². The Balaban J connectivity index is 1.43. The molecule has 4 rings (SSSR count). The third kappa shape index (κ3) is 3.83. The topological polar surface area (TPSA) is 42.1 Å². The van der Waals surface area contributed by atoms with Crippen molar-refractivity contribution in [2.75, 3.05) is 31.1 Å². The minimum absolute atomic E-state index is 0.205. The lowest BCUT2D eigenvalue weighted by Gasteiger charge is -2.35. The molecule has 0 unspecified atom stereocenters. The Labute approximate surface area is 168 Å². The molecule has 0 saturated carbocycles. The summed E-state index contributed by atoms with van der Waals surface area (Å²) in [5.74, 6) is -0.205. The molecule has 2 aromatic carbocycles. The van der Waals surface area contributed by atoms with Crippen LogP contribution >= 0.6 is 12.2 Å². The number of anilines is 1. The van der Waals surface area contributed by atoms with Crippen LogP contribution in [0.5, 0.6) is 0 Å². The average Bonchev–Trinajstić information content (AvgIpc) is 3.03. The largest absolute Gasteiger partial charge is 0.369 e. The van der Waals surface area contributed by atoms with Gasteiger partial charge in [-0.1, -0.05) is 17.7 Å². The number of hydrogen-bond acceptors (Lipinski definition) is 5. The van der Waals surface area contributed by atoms with Crippen LogP contribution in [-0.4, -0.2) is 50.9 Å². The molecule has 2 heterocycles. The summed E-state index contributed by atoms with van der Waals surface area (Å²) in [6, 6.07) is 12.9. The van der Waals surface area contributed by atoms with Gasteiger partial charge in [0.25, 0.3) is 0 Å². The second-order valence-electron chi connectivity index (χ2n) is 7.19. The summed E-state index contributed by atoms with van der Waals surface area (Å²) in [6.45, 7) is 8.26. The Morgan fingerprint density at radius 1 is 0.964 bits per heavy atom. The van der Waals surface area contributed by atoms with Crippen LogP contribution in [0.4, 0.5) is 10.1 Å². The Morgan fingerprint density at radius 2 is 1.68 bits per heavy atom. The van der Waals surface area contributed by atoms with Crippen molar-refractivity contribution in [3.8, 4) is 5.69 Å². The number of nitrogens with zero attached hydrogens (tertiary/aromatic N) is 6. The summed E-state index contributed by atoms with van der Waals surface area (Å²) in [5, 5.41) is 8.53. The number of rotatable bonds is 4. The van der Waals surface area contributed by atoms with Crippen molar-refractivity contribution in [2.24, 2.45) is 0 Å². The van der Waals surface area contributed by atoms with E-state index in [1.807, 2.05) is 18.2 Å². The molecule has 8 heteroatoms. The van der Waals surface area contributed by atoms with Crippen LogP contribution in [0.3, 0.4) is 0 Å². The molecular weight excluding hydrogens is 375 g/mol. The van der Waals surface area contributed by atoms with E-state index in [0.29, 0.717) is 11.4 Å². The number of hydrogen-bond donors (Lipinski definition) is 0. The zero-order valence-electron chi connectivity index (χ0n) is 16.0. The third-order valence-electron chi connectivity index (χ3n) is 5.12. The second-order valence-corrected chi connectivity index (χ2v) is 7.55. The predicted octanol–water partition coefficient (Wildman–Crippen LogP) is 3.33. The van der Waals surface area contributed by atoms with Crippen LogP contribution in [0.2, 0.25) is 0 Å². The first-order valence-corrected chi connectivity index (χ1v) is 9.75. The number of tetrazole rings is 1. The smallest absolute Gasteiger partial charge is 0.221 e. The van der Waals surface area contributed by atoms with Crippen LogP contribution in [0, 0.1) is 24.4 Å². The summed E-state index contributed by atoms with van der Waals surface area (Å²) in [6.07, 6.45) is 0. The van der Waals surface area contributed by atoms with Gasteiger partial charge in [-0.05, 0) is 72.4 Å². The van der Waals surface area contributed by atoms with Gasteiger partial charge in [0, 0.05) is 31.9 Å². The van der Waals surface area contributed by atoms with Crippen molar-refractivity contribution in [1.29, 1.82) is 0 Å². The van der Waals surface area contributed by atoms with E-state index in [9.17, 15) is 4.39 Å². The second kappa shape index (κ2) is 7.81. The fourth-order valence-electron chi connectivity index (χ4n) is 3.55. The molecule has 0 atom stereocenters. The van der Waals surface area contributed by atoms with E-state index < -0.39 is 0 Å². The normalized spacial score (nSPS) is 15.2. The third-order valence-corrected chi connectivity index (χ3v) is 5.50. The molecule has 28 heavy (non-hydrogen) atoms. The van der Waals surface area contributed by atoms with Gasteiger partial charge >= 0.3 is 0 Å². The van der Waals surface area contributed by atoms with Gasteiger partial charge in [-0.3, -0.25) is 4.90 Å². The first kappa shape index (κ1) is 18.8. The van der Waals surface area contributed by atoms with Gasteiger partial charge in [0.15, 0.2) is 0 Å². The number of benzene rings is 2. The SMILES string of the molecule is Cc1ccc(-n2nnn(CN3CCN(c4ccc(F)cc4)CC3)c2=S)c(C)c1. The fourth-order valence-corrected chi connectivity index (χ4v) is 3.78. The van der Waals surface area contributed by atoms with Crippen LogP contribution in [0.25, 0.3) is 5.69 Å². The zero-order chi connectivity index (χ0) is 19.7. The minimum Gasteiger partial charge on any atom is -0.369 e. The molecule has 0 amide bonds. The summed E-state index contributed by atoms with van der Waals surface area (Å²) in [5.41, 5.74) is 4.34. The molecule has 0 spiro atoms. The summed E-state index contributed by atoms with van der Waals surface area (Å²) >= 11 is 5.61. The van der Waals surface area contributed by atoms with Crippen molar-refractivity contribution in [1.82, 2.24) is 24.7 Å². The Bertz CT molecular complexity index is 1020. The molecule has 0 bridgehead atoms. The van der Waals surface area contributed by atoms with Crippen LogP contribution in [-0.2, 0) is 6.67 Å². The van der Waals surface area contributed by atoms with E-state index in [4.69, 9.17) is 12.2 Å². The van der Waals surface area contributed by atoms with E-state index in [1.54, 1.807) is 9.36 Å². The van der Waals surface area contributed by atoms with E-state index in [0.717, 1.165) is 43.1 Å². The van der Waals surface area contributed by atoms with Crippen molar-refractivity contribution in [3.05, 3.63) is 64.2 Å². The first-order valence-electron chi connectivity index (χ1n) is 9.34. The molecular formula is C20H23FN6S. The molecule has 1 aliphatic heterocycles. The zero-order valence-corrected chi connectivity index (χ0v) is 16.9. The maximum absolute atomic E-state index is 13.1. The van der Waals surface area contributed by atoms with Crippen LogP contribution in [0.1, 0.15) is 11.1 Å². The van der Waals surface area contributed by atoms with Crippen molar-refractivity contribution >= 4 is 17.9 Å². The quantitative estimate of drug-likeness (QED) is 0.631. The highest BCUT2D eigenvalue weighted by atomic mass is 32.1. The van der Waals surface area contributed by atoms with Gasteiger partial charge in [-0.15, -0.1) is 0 Å². The lowest BCUT2D eigenvalue weighted by molar-refractivity contribution is 0.193. The van der Waals surface area contributed by atoms with Crippen molar-refractivity contribution in [2.45, 2.75) is 20.5 Å². The van der Waals surface area contributed by atoms with E-state index in [2.05, 4.69) is 46.2 Å². The maximum atomic E-state index is 13.1. The van der Waals surface area contributed by atoms with E-state index in [-0.39, 0.29) is 5.82 Å². The van der Waals surface area contributed by atoms with Gasteiger partial charge in [-0.25, -0.2) is 9.07 Å². The summed E-state index contributed by atoms with van der Waals surface area (Å²) in [7, 11) is 0. The number of aromatic nitrogens is 4. The molecule has 1 aliphatic rings. The lowest BCUT2D eigenvalue weighted by Crippen LogP contribution is -2.47. The lowest BCUT2D eigenvalue weighted by atomic mass is 10.1. The molecule has 0 N–H and O–H groups in total. The number of aryl methyl sites for hydroxylation is 2. The Kier molecular flexibility index (Phi) is 5.23. The molecule has 1 aromatic heterocycles. The highest BCUT2D eigenvalue weighted by molar-refractivity contribution is 7.71. The predicted molar refractivity (Wildman–Crippen MR) is 110 cm³/mol. The Morgan fingerprint density at radius 3 is 2.36 bits per heavy atom. The minimum atomic E-state index is -0.205. The van der Waals surface area contributed by atoms with Crippen LogP contribution in [0.15, 0.2) is 42.5 Å². The number of piperazine rings is 1. The van der Waals surface area contributed by atoms with E-state index >= 15 is 0 Å². The molecule has 1 saturated heterocycles. The van der Waals surface area contributed by atoms with Gasteiger partial charge in [0.2, 0.25) is 4.77 Å². The van der Waals surface area contributed by atoms with Gasteiger partial charge < -0.3 is 4.90 Å². The van der Waals surface area contributed by atoms with Gasteiger partial charge in [0.05, 0.1) is 12.4 Å². The molecule has 0 aliphatic carbocycles. The molecule has 146 valence electrons. The standard InChI is InChI=1S/C20H23FN6S/c1-15-3-8-19(16(2)13-15)27-20(28)26(22-23-27)14-24-9-11-25(12-10-24)18-6-4-17(21)5-7-18/h3-8,13H,9-12,14H2,1-2H3. The van der Waals surface area contributed by atoms with Crippen molar-refractivity contribution < 1.29 is 4.39 Å². The molecule has 0 radical (unpaired) electrons. The molecule has 3 aromatic rings. The monoisotopic (exact) mass is 398 g/mol. The van der Waals surface area contributed by atoms with Crippen LogP contribution < -0.4 is 4.90 Å². The van der Waals surface area contributed by atoms with E-state index in [1.165, 1.54) is 17.7 Å². The average molecular weight is 399 g/mol. The van der Waals surface area contributed by atoms with Gasteiger partial charge in [-0.2, -0.15) is 4.68 Å². The summed E-state index contributed by atoms with van der Waals surface area (Å²) < 4.78 is 17.2. The number of halogens is 1. The molecule has 6 nitrogen and oxygen atoms in total. The highest BCUT2D eigenvalue weighted by Crippen LogP contribution is 2.18. The van der Waals surface area contributed by atoms with Crippen molar-refractivity contribution in [3.63, 3.8) is 0 Å².